The van der Waals surface area contributed by atoms with Crippen molar-refractivity contribution < 1.29 is 14.3 Å². The smallest absolute Gasteiger partial charge is 0.252 e. The summed E-state index contributed by atoms with van der Waals surface area (Å²) in [5.74, 6) is 1.31. The summed E-state index contributed by atoms with van der Waals surface area (Å²) >= 11 is 6.06. The molecule has 0 aromatic heterocycles. The number of amides is 1. The fourth-order valence-corrected chi connectivity index (χ4v) is 3.42. The summed E-state index contributed by atoms with van der Waals surface area (Å²) in [7, 11) is 1.71. The van der Waals surface area contributed by atoms with Crippen LogP contribution in [0.4, 0.5) is 0 Å². The number of nitrogens with one attached hydrogen (secondary N) is 3. The Hall–Kier alpha value is -2.04. The molecule has 32 heavy (non-hydrogen) atoms. The van der Waals surface area contributed by atoms with Crippen LogP contribution < -0.4 is 20.7 Å². The molecule has 0 aliphatic carbocycles. The second kappa shape index (κ2) is 13.5. The monoisotopic (exact) mass is 572 g/mol. The molecule has 1 saturated heterocycles. The maximum Gasteiger partial charge on any atom is 0.252 e. The molecule has 0 radical (unpaired) electrons. The van der Waals surface area contributed by atoms with Crippen LogP contribution in [-0.4, -0.2) is 51.3 Å². The van der Waals surface area contributed by atoms with Crippen molar-refractivity contribution in [1.29, 1.82) is 0 Å². The molecule has 3 N–H and O–H groups in total. The van der Waals surface area contributed by atoms with Crippen molar-refractivity contribution in [3.63, 3.8) is 0 Å². The maximum absolute atomic E-state index is 12.2. The van der Waals surface area contributed by atoms with Gasteiger partial charge in [0.15, 0.2) is 5.96 Å². The van der Waals surface area contributed by atoms with Crippen LogP contribution in [0.15, 0.2) is 47.5 Å². The minimum Gasteiger partial charge on any atom is -0.488 e. The molecule has 0 saturated carbocycles. The Morgan fingerprint density at radius 3 is 2.69 bits per heavy atom. The molecule has 0 spiro atoms. The van der Waals surface area contributed by atoms with Gasteiger partial charge >= 0.3 is 0 Å². The first-order valence-corrected chi connectivity index (χ1v) is 10.8. The van der Waals surface area contributed by atoms with Crippen molar-refractivity contribution >= 4 is 47.4 Å². The van der Waals surface area contributed by atoms with Crippen LogP contribution in [0.25, 0.3) is 0 Å². The van der Waals surface area contributed by atoms with E-state index in [1.807, 2.05) is 6.92 Å². The molecular weight excluding hydrogens is 543 g/mol. The highest BCUT2D eigenvalue weighted by Gasteiger charge is 2.18. The zero-order valence-electron chi connectivity index (χ0n) is 18.3. The zero-order valence-corrected chi connectivity index (χ0v) is 21.4. The van der Waals surface area contributed by atoms with Gasteiger partial charge in [-0.3, -0.25) is 9.79 Å². The second-order valence-electron chi connectivity index (χ2n) is 7.30. The average molecular weight is 573 g/mol. The summed E-state index contributed by atoms with van der Waals surface area (Å²) < 4.78 is 11.6. The van der Waals surface area contributed by atoms with Crippen LogP contribution in [0.5, 0.6) is 5.75 Å². The van der Waals surface area contributed by atoms with Gasteiger partial charge in [-0.25, -0.2) is 0 Å². The minimum atomic E-state index is -0.201. The number of benzene rings is 2. The third-order valence-corrected chi connectivity index (χ3v) is 5.23. The van der Waals surface area contributed by atoms with Crippen LogP contribution >= 0.6 is 35.6 Å². The van der Waals surface area contributed by atoms with E-state index in [1.165, 1.54) is 0 Å². The topological polar surface area (TPSA) is 84.0 Å². The number of halogens is 2. The highest BCUT2D eigenvalue weighted by atomic mass is 127. The van der Waals surface area contributed by atoms with Gasteiger partial charge in [0.05, 0.1) is 23.8 Å². The van der Waals surface area contributed by atoms with Gasteiger partial charge < -0.3 is 25.4 Å². The Bertz CT molecular complexity index is 920. The predicted octanol–water partition coefficient (Wildman–Crippen LogP) is 3.53. The van der Waals surface area contributed by atoms with E-state index in [0.29, 0.717) is 42.8 Å². The van der Waals surface area contributed by atoms with E-state index in [-0.39, 0.29) is 36.0 Å². The molecule has 0 bridgehead atoms. The molecule has 7 nitrogen and oxygen atoms in total. The predicted molar refractivity (Wildman–Crippen MR) is 138 cm³/mol. The summed E-state index contributed by atoms with van der Waals surface area (Å²) in [4.78, 5) is 16.4. The van der Waals surface area contributed by atoms with E-state index in [0.717, 1.165) is 29.9 Å². The molecule has 9 heteroatoms. The number of carbonyl (C=O) groups is 1. The van der Waals surface area contributed by atoms with E-state index in [4.69, 9.17) is 21.1 Å². The van der Waals surface area contributed by atoms with Gasteiger partial charge in [-0.2, -0.15) is 0 Å². The Kier molecular flexibility index (Phi) is 11.1. The van der Waals surface area contributed by atoms with E-state index in [2.05, 4.69) is 39.1 Å². The Labute approximate surface area is 211 Å². The standard InChI is InChI=1S/C23H29ClN4O3.HI/c1-16-7-8-17(21(13-16)31-18-9-12-30-15-18)14-28-23(25-2)27-11-10-26-22(29)19-5-3-4-6-20(19)24;/h3-8,13,18H,9-12,14-15H2,1-2H3,(H,26,29)(H2,25,27,28);1H. The SMILES string of the molecule is CN=C(NCCNC(=O)c1ccccc1Cl)NCc1ccc(C)cc1OC1CCOC1.I. The van der Waals surface area contributed by atoms with Crippen molar-refractivity contribution in [2.45, 2.75) is 26.0 Å². The molecule has 1 unspecified atom stereocenters. The normalized spacial score (nSPS) is 15.6. The Balaban J connectivity index is 0.00000363. The van der Waals surface area contributed by atoms with Gasteiger partial charge in [0.2, 0.25) is 0 Å². The molecule has 1 fully saturated rings. The van der Waals surface area contributed by atoms with Crippen LogP contribution in [0.2, 0.25) is 5.02 Å². The lowest BCUT2D eigenvalue weighted by molar-refractivity contribution is 0.0954. The molecule has 1 heterocycles. The molecule has 174 valence electrons. The summed E-state index contributed by atoms with van der Waals surface area (Å²) in [6.07, 6.45) is 1.00. The lowest BCUT2D eigenvalue weighted by atomic mass is 10.1. The minimum absolute atomic E-state index is 0. The first-order valence-electron chi connectivity index (χ1n) is 10.4. The van der Waals surface area contributed by atoms with Crippen molar-refractivity contribution in [2.75, 3.05) is 33.4 Å². The van der Waals surface area contributed by atoms with E-state index in [9.17, 15) is 4.79 Å². The van der Waals surface area contributed by atoms with E-state index < -0.39 is 0 Å². The summed E-state index contributed by atoms with van der Waals surface area (Å²) in [6.45, 7) is 4.94. The van der Waals surface area contributed by atoms with Gasteiger partial charge in [0, 0.05) is 38.7 Å². The van der Waals surface area contributed by atoms with Gasteiger partial charge in [0.25, 0.3) is 5.91 Å². The number of rotatable bonds is 8. The van der Waals surface area contributed by atoms with Crippen molar-refractivity contribution in [1.82, 2.24) is 16.0 Å². The maximum atomic E-state index is 12.2. The number of aryl methyl sites for hydroxylation is 1. The number of carbonyl (C=O) groups excluding carboxylic acids is 1. The highest BCUT2D eigenvalue weighted by Crippen LogP contribution is 2.23. The molecule has 2 aromatic carbocycles. The fraction of sp³-hybridized carbons (Fsp3) is 0.391. The largest absolute Gasteiger partial charge is 0.488 e. The Morgan fingerprint density at radius 1 is 1.19 bits per heavy atom. The number of aliphatic imine (C=N–C) groups is 1. The average Bonchev–Trinajstić information content (AvgIpc) is 3.27. The number of guanidine groups is 1. The van der Waals surface area contributed by atoms with E-state index in [1.54, 1.807) is 31.3 Å². The molecule has 1 atom stereocenters. The van der Waals surface area contributed by atoms with Crippen LogP contribution in [-0.2, 0) is 11.3 Å². The van der Waals surface area contributed by atoms with Crippen LogP contribution in [0.1, 0.15) is 27.9 Å². The van der Waals surface area contributed by atoms with Crippen LogP contribution in [0.3, 0.4) is 0 Å². The third-order valence-electron chi connectivity index (χ3n) is 4.90. The molecule has 2 aromatic rings. The number of hydrogen-bond donors (Lipinski definition) is 3. The lowest BCUT2D eigenvalue weighted by Gasteiger charge is -2.18. The second-order valence-corrected chi connectivity index (χ2v) is 7.71. The first kappa shape index (κ1) is 26.2. The molecule has 1 aliphatic heterocycles. The molecule has 1 amide bonds. The van der Waals surface area contributed by atoms with Gasteiger partial charge in [-0.05, 0) is 30.7 Å². The quantitative estimate of drug-likeness (QED) is 0.195. The van der Waals surface area contributed by atoms with Gasteiger partial charge in [-0.1, -0.05) is 35.9 Å². The third kappa shape index (κ3) is 7.83. The Morgan fingerprint density at radius 2 is 1.97 bits per heavy atom. The van der Waals surface area contributed by atoms with Gasteiger partial charge in [-0.15, -0.1) is 24.0 Å². The molecule has 3 rings (SSSR count). The number of hydrogen-bond acceptors (Lipinski definition) is 4. The number of ether oxygens (including phenoxy) is 2. The fourth-order valence-electron chi connectivity index (χ4n) is 3.20. The molecule has 1 aliphatic rings. The summed E-state index contributed by atoms with van der Waals surface area (Å²) in [5.41, 5.74) is 2.66. The van der Waals surface area contributed by atoms with Crippen molar-refractivity contribution in [3.8, 4) is 5.75 Å². The first-order chi connectivity index (χ1) is 15.1. The van der Waals surface area contributed by atoms with Crippen molar-refractivity contribution in [3.05, 3.63) is 64.2 Å². The van der Waals surface area contributed by atoms with Crippen molar-refractivity contribution in [2.24, 2.45) is 4.99 Å². The number of nitrogens with zero attached hydrogens (tertiary/aromatic N) is 1. The summed E-state index contributed by atoms with van der Waals surface area (Å²) in [5, 5.41) is 9.77. The summed E-state index contributed by atoms with van der Waals surface area (Å²) in [6, 6.07) is 13.2. The van der Waals surface area contributed by atoms with Crippen LogP contribution in [0, 0.1) is 6.92 Å². The highest BCUT2D eigenvalue weighted by molar-refractivity contribution is 14.0. The lowest BCUT2D eigenvalue weighted by Crippen LogP contribution is -2.41. The van der Waals surface area contributed by atoms with Gasteiger partial charge in [0.1, 0.15) is 11.9 Å². The molecular formula is C23H30ClIN4O3. The zero-order chi connectivity index (χ0) is 22.1. The van der Waals surface area contributed by atoms with E-state index >= 15 is 0 Å².